The second-order valence-electron chi connectivity index (χ2n) is 5.71. The van der Waals surface area contributed by atoms with Crippen molar-refractivity contribution in [1.29, 1.82) is 0 Å². The lowest BCUT2D eigenvalue weighted by atomic mass is 9.98. The summed E-state index contributed by atoms with van der Waals surface area (Å²) in [5, 5.41) is 0. The summed E-state index contributed by atoms with van der Waals surface area (Å²) in [4.78, 5) is 2.43. The Balaban J connectivity index is 2.95. The maximum absolute atomic E-state index is 6.00. The van der Waals surface area contributed by atoms with Crippen molar-refractivity contribution in [1.82, 2.24) is 4.90 Å². The zero-order valence-corrected chi connectivity index (χ0v) is 12.9. The van der Waals surface area contributed by atoms with E-state index in [1.165, 1.54) is 5.56 Å². The number of rotatable bonds is 6. The normalized spacial score (nSPS) is 13.6. The summed E-state index contributed by atoms with van der Waals surface area (Å²) in [5.74, 6) is 0.917. The van der Waals surface area contributed by atoms with E-state index in [4.69, 9.17) is 10.5 Å². The molecule has 0 amide bonds. The zero-order valence-electron chi connectivity index (χ0n) is 12.9. The quantitative estimate of drug-likeness (QED) is 0.857. The first-order valence-corrected chi connectivity index (χ1v) is 7.13. The number of hydrogen-bond donors (Lipinski definition) is 1. The van der Waals surface area contributed by atoms with Crippen LogP contribution in [0.5, 0.6) is 5.75 Å². The fraction of sp³-hybridized carbons (Fsp3) is 0.625. The van der Waals surface area contributed by atoms with E-state index in [9.17, 15) is 0 Å². The highest BCUT2D eigenvalue weighted by atomic mass is 16.5. The van der Waals surface area contributed by atoms with Crippen molar-refractivity contribution >= 4 is 0 Å². The monoisotopic (exact) mass is 264 g/mol. The molecule has 108 valence electrons. The number of hydrogen-bond acceptors (Lipinski definition) is 3. The van der Waals surface area contributed by atoms with E-state index in [1.54, 1.807) is 0 Å². The molecule has 2 N–H and O–H groups in total. The molecule has 0 bridgehead atoms. The van der Waals surface area contributed by atoms with Crippen molar-refractivity contribution in [3.8, 4) is 5.75 Å². The Labute approximate surface area is 117 Å². The van der Waals surface area contributed by atoms with Gasteiger partial charge in [-0.25, -0.2) is 0 Å². The summed E-state index contributed by atoms with van der Waals surface area (Å²) >= 11 is 0. The summed E-state index contributed by atoms with van der Waals surface area (Å²) < 4.78 is 5.48. The average Bonchev–Trinajstić information content (AvgIpc) is 2.36. The average molecular weight is 264 g/mol. The van der Waals surface area contributed by atoms with Crippen LogP contribution in [0.4, 0.5) is 0 Å². The van der Waals surface area contributed by atoms with Crippen LogP contribution in [0.25, 0.3) is 0 Å². The smallest absolute Gasteiger partial charge is 0.119 e. The van der Waals surface area contributed by atoms with E-state index in [1.807, 2.05) is 19.1 Å². The number of nitrogens with zero attached hydrogens (tertiary/aromatic N) is 1. The molecule has 1 aromatic carbocycles. The molecule has 0 aromatic heterocycles. The third-order valence-electron chi connectivity index (χ3n) is 3.38. The summed E-state index contributed by atoms with van der Waals surface area (Å²) in [6, 6.07) is 8.55. The molecule has 1 rings (SSSR count). The third-order valence-corrected chi connectivity index (χ3v) is 3.38. The molecule has 1 atom stereocenters. The lowest BCUT2D eigenvalue weighted by Gasteiger charge is -2.41. The first kappa shape index (κ1) is 16.0. The Morgan fingerprint density at radius 2 is 1.74 bits per heavy atom. The van der Waals surface area contributed by atoms with Gasteiger partial charge in [0.05, 0.1) is 6.61 Å². The van der Waals surface area contributed by atoms with Gasteiger partial charge in [-0.2, -0.15) is 0 Å². The maximum atomic E-state index is 6.00. The van der Waals surface area contributed by atoms with Crippen molar-refractivity contribution in [2.75, 3.05) is 19.7 Å². The lowest BCUT2D eigenvalue weighted by molar-refractivity contribution is 0.0919. The van der Waals surface area contributed by atoms with Gasteiger partial charge in [-0.3, -0.25) is 4.90 Å². The standard InChI is InChI=1S/C16H28N2O/c1-6-18(16(3,4)5)15(12-17)13-8-10-14(11-9-13)19-7-2/h8-11,15H,6-7,12,17H2,1-5H3. The summed E-state index contributed by atoms with van der Waals surface area (Å²) in [6.07, 6.45) is 0. The van der Waals surface area contributed by atoms with Crippen molar-refractivity contribution < 1.29 is 4.74 Å². The Morgan fingerprint density at radius 3 is 2.11 bits per heavy atom. The second-order valence-corrected chi connectivity index (χ2v) is 5.71. The molecule has 0 saturated carbocycles. The molecule has 19 heavy (non-hydrogen) atoms. The topological polar surface area (TPSA) is 38.5 Å². The zero-order chi connectivity index (χ0) is 14.5. The van der Waals surface area contributed by atoms with E-state index in [0.29, 0.717) is 13.2 Å². The SMILES string of the molecule is CCOc1ccc(C(CN)N(CC)C(C)(C)C)cc1. The molecule has 0 radical (unpaired) electrons. The molecule has 0 aliphatic rings. The van der Waals surface area contributed by atoms with Gasteiger partial charge in [0.15, 0.2) is 0 Å². The van der Waals surface area contributed by atoms with Crippen LogP contribution in [0.3, 0.4) is 0 Å². The van der Waals surface area contributed by atoms with Crippen LogP contribution in [0.2, 0.25) is 0 Å². The summed E-state index contributed by atoms with van der Waals surface area (Å²) in [6.45, 7) is 13.2. The van der Waals surface area contributed by atoms with Gasteiger partial charge in [0, 0.05) is 18.1 Å². The molecule has 0 aliphatic heterocycles. The highest BCUT2D eigenvalue weighted by Gasteiger charge is 2.27. The molecule has 0 saturated heterocycles. The van der Waals surface area contributed by atoms with Crippen molar-refractivity contribution in [3.05, 3.63) is 29.8 Å². The highest BCUT2D eigenvalue weighted by molar-refractivity contribution is 5.29. The molecule has 0 fully saturated rings. The first-order chi connectivity index (χ1) is 8.93. The fourth-order valence-corrected chi connectivity index (χ4v) is 2.56. The van der Waals surface area contributed by atoms with E-state index in [0.717, 1.165) is 12.3 Å². The molecular weight excluding hydrogens is 236 g/mol. The highest BCUT2D eigenvalue weighted by Crippen LogP contribution is 2.28. The molecule has 0 spiro atoms. The van der Waals surface area contributed by atoms with Gasteiger partial charge in [-0.05, 0) is 51.9 Å². The summed E-state index contributed by atoms with van der Waals surface area (Å²) in [7, 11) is 0. The Kier molecular flexibility index (Phi) is 5.83. The van der Waals surface area contributed by atoms with E-state index in [2.05, 4.69) is 44.7 Å². The van der Waals surface area contributed by atoms with E-state index < -0.39 is 0 Å². The molecular formula is C16H28N2O. The van der Waals surface area contributed by atoms with Crippen LogP contribution in [-0.2, 0) is 0 Å². The third kappa shape index (κ3) is 4.22. The molecule has 3 heteroatoms. The molecule has 0 aliphatic carbocycles. The van der Waals surface area contributed by atoms with Gasteiger partial charge in [-0.15, -0.1) is 0 Å². The van der Waals surface area contributed by atoms with Gasteiger partial charge in [-0.1, -0.05) is 19.1 Å². The van der Waals surface area contributed by atoms with Gasteiger partial charge >= 0.3 is 0 Å². The van der Waals surface area contributed by atoms with Crippen LogP contribution in [-0.4, -0.2) is 30.1 Å². The predicted molar refractivity (Wildman–Crippen MR) is 81.5 cm³/mol. The molecule has 3 nitrogen and oxygen atoms in total. The fourth-order valence-electron chi connectivity index (χ4n) is 2.56. The Hall–Kier alpha value is -1.06. The molecule has 1 unspecified atom stereocenters. The largest absolute Gasteiger partial charge is 0.494 e. The Morgan fingerprint density at radius 1 is 1.16 bits per heavy atom. The lowest BCUT2D eigenvalue weighted by Crippen LogP contribution is -2.46. The first-order valence-electron chi connectivity index (χ1n) is 7.13. The van der Waals surface area contributed by atoms with Crippen LogP contribution >= 0.6 is 0 Å². The van der Waals surface area contributed by atoms with Gasteiger partial charge in [0.1, 0.15) is 5.75 Å². The second kappa shape index (κ2) is 6.92. The summed E-state index contributed by atoms with van der Waals surface area (Å²) in [5.41, 5.74) is 7.36. The minimum atomic E-state index is 0.109. The minimum absolute atomic E-state index is 0.109. The van der Waals surface area contributed by atoms with Crippen molar-refractivity contribution in [2.45, 2.75) is 46.2 Å². The molecule has 0 heterocycles. The van der Waals surface area contributed by atoms with Crippen LogP contribution < -0.4 is 10.5 Å². The van der Waals surface area contributed by atoms with Gasteiger partial charge in [0.25, 0.3) is 0 Å². The van der Waals surface area contributed by atoms with E-state index >= 15 is 0 Å². The number of ether oxygens (including phenoxy) is 1. The van der Waals surface area contributed by atoms with Crippen LogP contribution in [0.1, 0.15) is 46.2 Å². The minimum Gasteiger partial charge on any atom is -0.494 e. The van der Waals surface area contributed by atoms with Crippen LogP contribution in [0.15, 0.2) is 24.3 Å². The van der Waals surface area contributed by atoms with Crippen LogP contribution in [0, 0.1) is 0 Å². The maximum Gasteiger partial charge on any atom is 0.119 e. The van der Waals surface area contributed by atoms with E-state index in [-0.39, 0.29) is 11.6 Å². The molecule has 1 aromatic rings. The Bertz CT molecular complexity index is 367. The van der Waals surface area contributed by atoms with Crippen molar-refractivity contribution in [3.63, 3.8) is 0 Å². The number of benzene rings is 1. The van der Waals surface area contributed by atoms with Crippen molar-refractivity contribution in [2.24, 2.45) is 5.73 Å². The number of likely N-dealkylation sites (N-methyl/N-ethyl adjacent to an activating group) is 1. The predicted octanol–water partition coefficient (Wildman–Crippen LogP) is 3.21. The van der Waals surface area contributed by atoms with Gasteiger partial charge < -0.3 is 10.5 Å². The number of nitrogens with two attached hydrogens (primary N) is 1. The van der Waals surface area contributed by atoms with Gasteiger partial charge in [0.2, 0.25) is 0 Å².